The molecule has 5 rings (SSSR count). The summed E-state index contributed by atoms with van der Waals surface area (Å²) in [5.74, 6) is 3.81. The number of nitrogens with zero attached hydrogens (tertiary/aromatic N) is 1. The molecule has 0 atom stereocenters. The van der Waals surface area contributed by atoms with Gasteiger partial charge in [0, 0.05) is 21.7 Å². The minimum absolute atomic E-state index is 0.0479. The Morgan fingerprint density at radius 1 is 0.545 bits per heavy atom. The van der Waals surface area contributed by atoms with Gasteiger partial charge in [0.2, 0.25) is 0 Å². The van der Waals surface area contributed by atoms with Gasteiger partial charge in [0.05, 0.1) is 5.69 Å². The van der Waals surface area contributed by atoms with Crippen molar-refractivity contribution in [2.45, 2.75) is 137 Å². The molecule has 2 radical (unpaired) electrons. The number of benzene rings is 3. The molecule has 0 saturated heterocycles. The van der Waals surface area contributed by atoms with E-state index in [1.54, 1.807) is 0 Å². The summed E-state index contributed by atoms with van der Waals surface area (Å²) in [5, 5.41) is 0. The van der Waals surface area contributed by atoms with Gasteiger partial charge in [-0.3, -0.25) is 0 Å². The molecule has 2 heteroatoms. The van der Waals surface area contributed by atoms with E-state index in [1.165, 1.54) is 85.6 Å². The molecule has 0 bridgehead atoms. The number of thioether (sulfide) groups is 1. The van der Waals surface area contributed by atoms with Crippen molar-refractivity contribution in [3.05, 3.63) is 92.8 Å². The second-order valence-electron chi connectivity index (χ2n) is 17.4. The highest BCUT2D eigenvalue weighted by Crippen LogP contribution is 2.52. The SMILES string of the molecule is Cc1cc(-c2cc(C(C)(C)C)cc(C(C)(C)C)c2)c(N2[C]SC3=C2CCCC3)c(-c2cc(C(C)(C)C)cc(C(C)(C)C)c2)c1. The van der Waals surface area contributed by atoms with Crippen LogP contribution in [0.25, 0.3) is 22.3 Å². The maximum Gasteiger partial charge on any atom is 0.169 e. The number of anilines is 1. The summed E-state index contributed by atoms with van der Waals surface area (Å²) in [5.41, 5.74) is 15.0. The van der Waals surface area contributed by atoms with E-state index >= 15 is 0 Å². The van der Waals surface area contributed by atoms with Crippen molar-refractivity contribution in [1.82, 2.24) is 0 Å². The molecule has 3 aromatic carbocycles. The summed E-state index contributed by atoms with van der Waals surface area (Å²) in [6.07, 6.45) is 4.81. The summed E-state index contributed by atoms with van der Waals surface area (Å²) in [6.45, 7) is 30.3. The van der Waals surface area contributed by atoms with Crippen LogP contribution in [0.5, 0.6) is 0 Å². The van der Waals surface area contributed by atoms with Gasteiger partial charge >= 0.3 is 0 Å². The smallest absolute Gasteiger partial charge is 0.169 e. The van der Waals surface area contributed by atoms with E-state index in [1.807, 2.05) is 11.8 Å². The zero-order valence-electron chi connectivity index (χ0n) is 29.8. The number of hydrogen-bond donors (Lipinski definition) is 0. The lowest BCUT2D eigenvalue weighted by molar-refractivity contribution is 0.568. The molecule has 44 heavy (non-hydrogen) atoms. The molecule has 0 aromatic heterocycles. The Balaban J connectivity index is 1.88. The zero-order chi connectivity index (χ0) is 32.4. The molecule has 0 spiro atoms. The van der Waals surface area contributed by atoms with Crippen LogP contribution in [0.3, 0.4) is 0 Å². The van der Waals surface area contributed by atoms with Gasteiger partial charge in [0.25, 0.3) is 0 Å². The van der Waals surface area contributed by atoms with E-state index in [2.05, 4.69) is 149 Å². The summed E-state index contributed by atoms with van der Waals surface area (Å²) in [6, 6.07) is 19.6. The van der Waals surface area contributed by atoms with Crippen LogP contribution in [-0.2, 0) is 21.7 Å². The van der Waals surface area contributed by atoms with E-state index in [4.69, 9.17) is 0 Å². The fourth-order valence-corrected chi connectivity index (χ4v) is 7.26. The third-order valence-electron chi connectivity index (χ3n) is 9.35. The third kappa shape index (κ3) is 6.72. The Labute approximate surface area is 273 Å². The van der Waals surface area contributed by atoms with Crippen LogP contribution in [0.1, 0.15) is 137 Å². The maximum absolute atomic E-state index is 3.81. The Morgan fingerprint density at radius 2 is 0.932 bits per heavy atom. The Bertz CT molecular complexity index is 1430. The van der Waals surface area contributed by atoms with Crippen LogP contribution in [-0.4, -0.2) is 0 Å². The minimum atomic E-state index is 0.0479. The monoisotopic (exact) mass is 605 g/mol. The fraction of sp³-hybridized carbons (Fsp3) is 0.500. The molecule has 0 unspecified atom stereocenters. The molecule has 2 aliphatic rings. The molecule has 0 saturated carbocycles. The first-order valence-electron chi connectivity index (χ1n) is 16.7. The van der Waals surface area contributed by atoms with E-state index in [0.717, 1.165) is 6.42 Å². The van der Waals surface area contributed by atoms with Crippen molar-refractivity contribution in [3.63, 3.8) is 0 Å². The van der Waals surface area contributed by atoms with Crippen molar-refractivity contribution in [2.75, 3.05) is 4.90 Å². The number of hydrogen-bond acceptors (Lipinski definition) is 2. The van der Waals surface area contributed by atoms with Crippen molar-refractivity contribution in [2.24, 2.45) is 0 Å². The highest BCUT2D eigenvalue weighted by molar-refractivity contribution is 8.05. The fourth-order valence-electron chi connectivity index (χ4n) is 6.30. The molecule has 1 heterocycles. The Morgan fingerprint density at radius 3 is 1.32 bits per heavy atom. The largest absolute Gasteiger partial charge is 0.321 e. The second kappa shape index (κ2) is 11.4. The lowest BCUT2D eigenvalue weighted by Crippen LogP contribution is -2.20. The molecule has 234 valence electrons. The lowest BCUT2D eigenvalue weighted by Gasteiger charge is -2.31. The molecule has 1 aliphatic heterocycles. The summed E-state index contributed by atoms with van der Waals surface area (Å²) < 4.78 is 0. The van der Waals surface area contributed by atoms with Gasteiger partial charge in [0.15, 0.2) is 5.88 Å². The van der Waals surface area contributed by atoms with E-state index in [-0.39, 0.29) is 21.7 Å². The van der Waals surface area contributed by atoms with Gasteiger partial charge in [0.1, 0.15) is 0 Å². The molecular formula is C42H55NS. The highest BCUT2D eigenvalue weighted by atomic mass is 32.2. The number of aryl methyl sites for hydroxylation is 1. The predicted molar refractivity (Wildman–Crippen MR) is 196 cm³/mol. The molecule has 1 nitrogen and oxygen atoms in total. The van der Waals surface area contributed by atoms with Crippen LogP contribution >= 0.6 is 11.8 Å². The van der Waals surface area contributed by atoms with Crippen molar-refractivity contribution in [3.8, 4) is 22.3 Å². The molecule has 1 aliphatic carbocycles. The molecule has 3 aromatic rings. The van der Waals surface area contributed by atoms with Crippen molar-refractivity contribution in [1.29, 1.82) is 0 Å². The van der Waals surface area contributed by atoms with E-state index in [0.29, 0.717) is 0 Å². The molecule has 0 fully saturated rings. The van der Waals surface area contributed by atoms with Gasteiger partial charge < -0.3 is 4.90 Å². The van der Waals surface area contributed by atoms with Crippen LogP contribution in [0, 0.1) is 12.8 Å². The van der Waals surface area contributed by atoms with Crippen LogP contribution < -0.4 is 4.90 Å². The number of rotatable bonds is 3. The standard InChI is InChI=1S/C42H55NS/c1-27-18-34(28-20-30(39(2,3)4)24-31(21-28)40(5,6)7)38(43-26-44-37-17-15-14-16-36(37)43)35(19-27)29-22-32(41(8,9)10)25-33(23-29)42(11,12)13/h18-25H,14-17H2,1-13H3. The Kier molecular flexibility index (Phi) is 8.54. The summed E-state index contributed by atoms with van der Waals surface area (Å²) in [7, 11) is 0. The quantitative estimate of drug-likeness (QED) is 0.292. The predicted octanol–water partition coefficient (Wildman–Crippen LogP) is 12.9. The van der Waals surface area contributed by atoms with Crippen LogP contribution in [0.4, 0.5) is 5.69 Å². The molecule has 0 amide bonds. The van der Waals surface area contributed by atoms with E-state index < -0.39 is 0 Å². The van der Waals surface area contributed by atoms with Gasteiger partial charge in [-0.25, -0.2) is 0 Å². The van der Waals surface area contributed by atoms with Crippen LogP contribution in [0.2, 0.25) is 0 Å². The maximum atomic E-state index is 3.81. The first-order valence-corrected chi connectivity index (χ1v) is 17.5. The summed E-state index contributed by atoms with van der Waals surface area (Å²) >= 11 is 1.83. The van der Waals surface area contributed by atoms with Crippen LogP contribution in [0.15, 0.2) is 59.1 Å². The second-order valence-corrected chi connectivity index (χ2v) is 18.3. The molecular weight excluding hydrogens is 551 g/mol. The first kappa shape index (κ1) is 32.9. The number of allylic oxidation sites excluding steroid dienone is 2. The van der Waals surface area contributed by atoms with Gasteiger partial charge in [-0.05, 0) is 105 Å². The normalized spacial score (nSPS) is 16.5. The average molecular weight is 606 g/mol. The van der Waals surface area contributed by atoms with Crippen molar-refractivity contribution < 1.29 is 0 Å². The van der Waals surface area contributed by atoms with E-state index in [9.17, 15) is 0 Å². The average Bonchev–Trinajstić information content (AvgIpc) is 3.34. The highest BCUT2D eigenvalue weighted by Gasteiger charge is 2.33. The van der Waals surface area contributed by atoms with Crippen molar-refractivity contribution >= 4 is 17.4 Å². The summed E-state index contributed by atoms with van der Waals surface area (Å²) in [4.78, 5) is 3.97. The first-order chi connectivity index (χ1) is 20.2. The minimum Gasteiger partial charge on any atom is -0.321 e. The van der Waals surface area contributed by atoms with Gasteiger partial charge in [-0.15, -0.1) is 0 Å². The third-order valence-corrected chi connectivity index (χ3v) is 10.3. The zero-order valence-corrected chi connectivity index (χ0v) is 30.6. The topological polar surface area (TPSA) is 3.24 Å². The van der Waals surface area contributed by atoms with Gasteiger partial charge in [-0.2, -0.15) is 0 Å². The lowest BCUT2D eigenvalue weighted by atomic mass is 9.77. The Hall–Kier alpha value is -2.45. The van der Waals surface area contributed by atoms with Gasteiger partial charge in [-0.1, -0.05) is 131 Å². The molecule has 0 N–H and O–H groups in total.